The number of hydrogen-bond acceptors (Lipinski definition) is 5. The maximum absolute atomic E-state index is 13.1. The number of esters is 1. The van der Waals surface area contributed by atoms with Gasteiger partial charge in [-0.2, -0.15) is 0 Å². The van der Waals surface area contributed by atoms with E-state index in [9.17, 15) is 18.4 Å². The third kappa shape index (κ3) is 3.22. The Morgan fingerprint density at radius 3 is 2.62 bits per heavy atom. The molecule has 0 N–H and O–H groups in total. The van der Waals surface area contributed by atoms with Gasteiger partial charge in [0.1, 0.15) is 4.88 Å². The highest BCUT2D eigenvalue weighted by molar-refractivity contribution is 7.11. The zero-order chi connectivity index (χ0) is 15.6. The van der Waals surface area contributed by atoms with Crippen molar-refractivity contribution in [2.75, 3.05) is 7.11 Å². The van der Waals surface area contributed by atoms with E-state index in [-0.39, 0.29) is 15.4 Å². The molecule has 0 aliphatic rings. The maximum atomic E-state index is 13.1. The molecule has 110 valence electrons. The molecule has 21 heavy (non-hydrogen) atoms. The van der Waals surface area contributed by atoms with Gasteiger partial charge >= 0.3 is 5.97 Å². The van der Waals surface area contributed by atoms with Crippen molar-refractivity contribution in [1.82, 2.24) is 4.57 Å². The number of methoxy groups -OCH3 is 1. The molecule has 0 saturated carbocycles. The molecule has 0 spiro atoms. The van der Waals surface area contributed by atoms with E-state index in [1.54, 1.807) is 0 Å². The van der Waals surface area contributed by atoms with Crippen molar-refractivity contribution >= 4 is 23.0 Å². The first-order chi connectivity index (χ1) is 9.92. The molecular formula is C13H10F2N2O3S. The van der Waals surface area contributed by atoms with Crippen LogP contribution >= 0.6 is 11.3 Å². The number of rotatable bonds is 2. The van der Waals surface area contributed by atoms with Gasteiger partial charge in [-0.05, 0) is 12.1 Å². The molecule has 0 radical (unpaired) electrons. The van der Waals surface area contributed by atoms with E-state index in [1.807, 2.05) is 0 Å². The van der Waals surface area contributed by atoms with E-state index in [0.29, 0.717) is 0 Å². The van der Waals surface area contributed by atoms with Crippen molar-refractivity contribution < 1.29 is 18.3 Å². The monoisotopic (exact) mass is 312 g/mol. The van der Waals surface area contributed by atoms with Crippen LogP contribution in [0.4, 0.5) is 14.5 Å². The minimum atomic E-state index is -1.05. The molecular weight excluding hydrogens is 302 g/mol. The fourth-order valence-electron chi connectivity index (χ4n) is 1.46. The molecule has 0 unspecified atom stereocenters. The first-order valence-corrected chi connectivity index (χ1v) is 6.53. The Balaban J connectivity index is 2.64. The summed E-state index contributed by atoms with van der Waals surface area (Å²) in [6.45, 7) is 0. The zero-order valence-corrected chi connectivity index (χ0v) is 11.9. The van der Waals surface area contributed by atoms with Crippen LogP contribution in [0.3, 0.4) is 0 Å². The molecule has 2 aromatic rings. The molecule has 0 bridgehead atoms. The van der Waals surface area contributed by atoms with Crippen LogP contribution in [-0.4, -0.2) is 17.6 Å². The number of benzene rings is 1. The van der Waals surface area contributed by atoms with Crippen molar-refractivity contribution in [2.24, 2.45) is 12.0 Å². The number of hydrogen-bond donors (Lipinski definition) is 0. The van der Waals surface area contributed by atoms with Crippen molar-refractivity contribution in [3.8, 4) is 0 Å². The van der Waals surface area contributed by atoms with E-state index in [1.165, 1.54) is 24.8 Å². The van der Waals surface area contributed by atoms with Gasteiger partial charge in [-0.25, -0.2) is 18.6 Å². The van der Waals surface area contributed by atoms with Crippen LogP contribution in [0, 0.1) is 11.6 Å². The second-order valence-corrected chi connectivity index (χ2v) is 5.00. The standard InChI is InChI=1S/C13H10F2N2O3S/c1-17-11(18)6-10(12(19)20-2)21-13(17)16-7-3-4-8(14)9(15)5-7/h3-6H,1-2H3. The van der Waals surface area contributed by atoms with Crippen molar-refractivity contribution in [1.29, 1.82) is 0 Å². The van der Waals surface area contributed by atoms with Gasteiger partial charge < -0.3 is 4.74 Å². The molecule has 0 aliphatic carbocycles. The second kappa shape index (κ2) is 5.96. The van der Waals surface area contributed by atoms with Crippen LogP contribution in [0.15, 0.2) is 34.1 Å². The first kappa shape index (κ1) is 15.0. The predicted molar refractivity (Wildman–Crippen MR) is 72.5 cm³/mol. The van der Waals surface area contributed by atoms with Crippen molar-refractivity contribution in [2.45, 2.75) is 0 Å². The molecule has 0 atom stereocenters. The van der Waals surface area contributed by atoms with Crippen molar-refractivity contribution in [3.63, 3.8) is 0 Å². The summed E-state index contributed by atoms with van der Waals surface area (Å²) >= 11 is 0.906. The molecule has 1 heterocycles. The summed E-state index contributed by atoms with van der Waals surface area (Å²) in [6.07, 6.45) is 0. The van der Waals surface area contributed by atoms with Crippen LogP contribution < -0.4 is 10.4 Å². The van der Waals surface area contributed by atoms with Gasteiger partial charge in [-0.3, -0.25) is 9.36 Å². The fourth-order valence-corrected chi connectivity index (χ4v) is 2.36. The molecule has 2 rings (SSSR count). The Kier molecular flexibility index (Phi) is 4.27. The molecule has 8 heteroatoms. The molecule has 1 aromatic carbocycles. The third-order valence-electron chi connectivity index (χ3n) is 2.59. The number of ether oxygens (including phenoxy) is 1. The number of halogens is 2. The van der Waals surface area contributed by atoms with Crippen LogP contribution in [0.25, 0.3) is 0 Å². The van der Waals surface area contributed by atoms with Gasteiger partial charge in [0.25, 0.3) is 5.56 Å². The maximum Gasteiger partial charge on any atom is 0.348 e. The zero-order valence-electron chi connectivity index (χ0n) is 11.1. The molecule has 0 saturated heterocycles. The molecule has 1 aromatic heterocycles. The fraction of sp³-hybridized carbons (Fsp3) is 0.154. The number of nitrogens with zero attached hydrogens (tertiary/aromatic N) is 2. The average molecular weight is 312 g/mol. The summed E-state index contributed by atoms with van der Waals surface area (Å²) in [4.78, 5) is 27.5. The van der Waals surface area contributed by atoms with Gasteiger partial charge in [0.2, 0.25) is 0 Å². The van der Waals surface area contributed by atoms with E-state index < -0.39 is 23.2 Å². The average Bonchev–Trinajstić information content (AvgIpc) is 2.46. The minimum absolute atomic E-state index is 0.0712. The summed E-state index contributed by atoms with van der Waals surface area (Å²) in [5, 5.41) is 0. The highest BCUT2D eigenvalue weighted by atomic mass is 32.1. The smallest absolute Gasteiger partial charge is 0.348 e. The Bertz CT molecular complexity index is 827. The minimum Gasteiger partial charge on any atom is -0.465 e. The van der Waals surface area contributed by atoms with E-state index in [4.69, 9.17) is 0 Å². The SMILES string of the molecule is COC(=O)c1cc(=O)n(C)c(=Nc2ccc(F)c(F)c2)s1. The first-order valence-electron chi connectivity index (χ1n) is 5.71. The Labute approximate surface area is 121 Å². The largest absolute Gasteiger partial charge is 0.465 e. The van der Waals surface area contributed by atoms with Crippen molar-refractivity contribution in [3.05, 3.63) is 55.9 Å². The van der Waals surface area contributed by atoms with E-state index >= 15 is 0 Å². The Hall–Kier alpha value is -2.35. The second-order valence-electron chi connectivity index (χ2n) is 3.99. The Morgan fingerprint density at radius 2 is 2.00 bits per heavy atom. The highest BCUT2D eigenvalue weighted by Crippen LogP contribution is 2.15. The van der Waals surface area contributed by atoms with Gasteiger partial charge in [-0.15, -0.1) is 0 Å². The summed E-state index contributed by atoms with van der Waals surface area (Å²) in [7, 11) is 2.65. The molecule has 0 fully saturated rings. The summed E-state index contributed by atoms with van der Waals surface area (Å²) in [5.41, 5.74) is -0.336. The quantitative estimate of drug-likeness (QED) is 0.794. The summed E-state index contributed by atoms with van der Waals surface area (Å²) < 4.78 is 31.8. The molecule has 0 aliphatic heterocycles. The van der Waals surface area contributed by atoms with Crippen LogP contribution in [0.5, 0.6) is 0 Å². The lowest BCUT2D eigenvalue weighted by atomic mass is 10.3. The predicted octanol–water partition coefficient (Wildman–Crippen LogP) is 1.74. The number of carbonyl (C=O) groups is 1. The van der Waals surface area contributed by atoms with Gasteiger partial charge in [-0.1, -0.05) is 11.3 Å². The lowest BCUT2D eigenvalue weighted by molar-refractivity contribution is 0.0606. The van der Waals surface area contributed by atoms with Gasteiger partial charge in [0, 0.05) is 19.2 Å². The lowest BCUT2D eigenvalue weighted by Gasteiger charge is -2.02. The highest BCUT2D eigenvalue weighted by Gasteiger charge is 2.10. The van der Waals surface area contributed by atoms with Gasteiger partial charge in [0.05, 0.1) is 12.8 Å². The van der Waals surface area contributed by atoms with Crippen LogP contribution in [-0.2, 0) is 11.8 Å². The molecule has 0 amide bonds. The van der Waals surface area contributed by atoms with Crippen LogP contribution in [0.1, 0.15) is 9.67 Å². The van der Waals surface area contributed by atoms with E-state index in [2.05, 4.69) is 9.73 Å². The number of carbonyl (C=O) groups excluding carboxylic acids is 1. The summed E-state index contributed by atoms with van der Waals surface area (Å²) in [6, 6.07) is 4.22. The lowest BCUT2D eigenvalue weighted by Crippen LogP contribution is -2.29. The summed E-state index contributed by atoms with van der Waals surface area (Å²) in [5.74, 6) is -2.70. The Morgan fingerprint density at radius 1 is 1.29 bits per heavy atom. The van der Waals surface area contributed by atoms with Crippen LogP contribution in [0.2, 0.25) is 0 Å². The normalized spacial score (nSPS) is 11.5. The topological polar surface area (TPSA) is 60.7 Å². The number of aromatic nitrogens is 1. The third-order valence-corrected chi connectivity index (χ3v) is 3.64. The molecule has 5 nitrogen and oxygen atoms in total. The van der Waals surface area contributed by atoms with Gasteiger partial charge in [0.15, 0.2) is 16.4 Å². The van der Waals surface area contributed by atoms with E-state index in [0.717, 1.165) is 29.5 Å².